The highest BCUT2D eigenvalue weighted by Crippen LogP contribution is 2.40. The minimum absolute atomic E-state index is 0.0819. The van der Waals surface area contributed by atoms with E-state index in [4.69, 9.17) is 5.11 Å². The van der Waals surface area contributed by atoms with Gasteiger partial charge < -0.3 is 10.0 Å². The minimum atomic E-state index is -3.08. The van der Waals surface area contributed by atoms with Crippen LogP contribution in [0.25, 0.3) is 0 Å². The molecule has 0 aromatic carbocycles. The van der Waals surface area contributed by atoms with E-state index in [1.165, 1.54) is 15.5 Å². The molecule has 1 spiro atoms. The van der Waals surface area contributed by atoms with E-state index in [-0.39, 0.29) is 5.41 Å². The van der Waals surface area contributed by atoms with Crippen molar-refractivity contribution in [3.05, 3.63) is 0 Å². The molecule has 14 heavy (non-hydrogen) atoms. The van der Waals surface area contributed by atoms with E-state index < -0.39 is 16.1 Å². The van der Waals surface area contributed by atoms with Crippen LogP contribution in [-0.4, -0.2) is 61.3 Å². The molecule has 2 heterocycles. The number of nitrogens with zero attached hydrogens (tertiary/aromatic N) is 2. The Hall–Kier alpha value is -0.820. The molecule has 0 radical (unpaired) electrons. The maximum Gasteiger partial charge on any atom is 0.407 e. The van der Waals surface area contributed by atoms with Crippen LogP contribution >= 0.6 is 0 Å². The van der Waals surface area contributed by atoms with Gasteiger partial charge in [0.2, 0.25) is 10.0 Å². The third-order valence-corrected chi connectivity index (χ3v) is 4.01. The molecular weight excluding hydrogens is 208 g/mol. The van der Waals surface area contributed by atoms with Crippen LogP contribution in [0.4, 0.5) is 4.79 Å². The number of carboxylic acid groups (broad SMARTS) is 1. The molecule has 0 aliphatic carbocycles. The Balaban J connectivity index is 1.88. The lowest BCUT2D eigenvalue weighted by Gasteiger charge is -2.58. The highest BCUT2D eigenvalue weighted by molar-refractivity contribution is 7.88. The van der Waals surface area contributed by atoms with Crippen molar-refractivity contribution < 1.29 is 18.3 Å². The number of rotatable bonds is 1. The fraction of sp³-hybridized carbons (Fsp3) is 0.857. The molecule has 2 rings (SSSR count). The van der Waals surface area contributed by atoms with Crippen molar-refractivity contribution in [3.8, 4) is 0 Å². The van der Waals surface area contributed by atoms with Crippen LogP contribution in [0, 0.1) is 5.41 Å². The summed E-state index contributed by atoms with van der Waals surface area (Å²) in [6, 6.07) is 0. The van der Waals surface area contributed by atoms with Gasteiger partial charge in [0.25, 0.3) is 0 Å². The Labute approximate surface area is 82.2 Å². The van der Waals surface area contributed by atoms with E-state index in [2.05, 4.69) is 0 Å². The van der Waals surface area contributed by atoms with Crippen molar-refractivity contribution in [1.82, 2.24) is 9.21 Å². The Morgan fingerprint density at radius 3 is 2.14 bits per heavy atom. The lowest BCUT2D eigenvalue weighted by molar-refractivity contribution is -0.0661. The van der Waals surface area contributed by atoms with Gasteiger partial charge in [-0.25, -0.2) is 17.5 Å². The summed E-state index contributed by atoms with van der Waals surface area (Å²) in [6.45, 7) is 1.87. The summed E-state index contributed by atoms with van der Waals surface area (Å²) >= 11 is 0. The third kappa shape index (κ3) is 1.36. The van der Waals surface area contributed by atoms with Crippen LogP contribution in [0.5, 0.6) is 0 Å². The molecule has 6 nitrogen and oxygen atoms in total. The zero-order valence-corrected chi connectivity index (χ0v) is 8.62. The van der Waals surface area contributed by atoms with Gasteiger partial charge in [0.05, 0.1) is 6.26 Å². The predicted octanol–water partition coefficient (Wildman–Crippen LogP) is -0.758. The summed E-state index contributed by atoms with van der Waals surface area (Å²) < 4.78 is 23.5. The summed E-state index contributed by atoms with van der Waals surface area (Å²) in [5.74, 6) is 0. The average molecular weight is 220 g/mol. The van der Waals surface area contributed by atoms with Crippen molar-refractivity contribution in [2.75, 3.05) is 32.4 Å². The number of amides is 1. The van der Waals surface area contributed by atoms with Gasteiger partial charge >= 0.3 is 6.09 Å². The van der Waals surface area contributed by atoms with Gasteiger partial charge in [-0.3, -0.25) is 0 Å². The molecule has 0 bridgehead atoms. The molecule has 2 fully saturated rings. The average Bonchev–Trinajstić information content (AvgIpc) is 1.74. The number of sulfonamides is 1. The van der Waals surface area contributed by atoms with E-state index in [1.807, 2.05) is 0 Å². The fourth-order valence-corrected chi connectivity index (χ4v) is 3.05. The van der Waals surface area contributed by atoms with Crippen molar-refractivity contribution >= 4 is 16.1 Å². The largest absolute Gasteiger partial charge is 0.465 e. The zero-order chi connectivity index (χ0) is 10.6. The Morgan fingerprint density at radius 2 is 1.79 bits per heavy atom. The van der Waals surface area contributed by atoms with Crippen LogP contribution < -0.4 is 0 Å². The van der Waals surface area contributed by atoms with Crippen molar-refractivity contribution in [2.24, 2.45) is 5.41 Å². The summed E-state index contributed by atoms with van der Waals surface area (Å²) in [7, 11) is -3.08. The first-order chi connectivity index (χ1) is 6.32. The van der Waals surface area contributed by atoms with Gasteiger partial charge in [-0.2, -0.15) is 0 Å². The third-order valence-electron chi connectivity index (χ3n) is 2.82. The Bertz CT molecular complexity index is 363. The monoisotopic (exact) mass is 220 g/mol. The van der Waals surface area contributed by atoms with E-state index >= 15 is 0 Å². The number of likely N-dealkylation sites (tertiary alicyclic amines) is 1. The fourth-order valence-electron chi connectivity index (χ4n) is 2.04. The smallest absolute Gasteiger partial charge is 0.407 e. The summed E-state index contributed by atoms with van der Waals surface area (Å²) in [5.41, 5.74) is -0.0819. The lowest BCUT2D eigenvalue weighted by Crippen LogP contribution is -2.73. The topological polar surface area (TPSA) is 77.9 Å². The first kappa shape index (κ1) is 9.72. The maximum atomic E-state index is 11.1. The van der Waals surface area contributed by atoms with Gasteiger partial charge in [0, 0.05) is 31.6 Å². The number of carbonyl (C=O) groups is 1. The maximum absolute atomic E-state index is 11.1. The van der Waals surface area contributed by atoms with E-state index in [0.29, 0.717) is 26.2 Å². The molecule has 0 saturated carbocycles. The van der Waals surface area contributed by atoms with Crippen LogP contribution in [-0.2, 0) is 10.0 Å². The predicted molar refractivity (Wildman–Crippen MR) is 48.4 cm³/mol. The molecule has 0 unspecified atom stereocenters. The number of hydrogen-bond donors (Lipinski definition) is 1. The molecule has 2 aliphatic heterocycles. The quantitative estimate of drug-likeness (QED) is 0.630. The Morgan fingerprint density at radius 1 is 1.29 bits per heavy atom. The lowest BCUT2D eigenvalue weighted by atomic mass is 9.75. The van der Waals surface area contributed by atoms with E-state index in [9.17, 15) is 13.2 Å². The summed E-state index contributed by atoms with van der Waals surface area (Å²) in [6.07, 6.45) is 0.251. The normalized spacial score (nSPS) is 25.6. The molecule has 0 aromatic heterocycles. The second-order valence-electron chi connectivity index (χ2n) is 4.17. The molecule has 2 aliphatic rings. The number of hydrogen-bond acceptors (Lipinski definition) is 3. The standard InChI is InChI=1S/C7H12N2O4S/c1-14(12,13)9-4-7(5-9)2-8(3-7)6(10)11/h2-5H2,1H3,(H,10,11). The SMILES string of the molecule is CS(=O)(=O)N1CC2(CN(C(=O)O)C2)C1. The Kier molecular flexibility index (Phi) is 1.81. The van der Waals surface area contributed by atoms with Crippen molar-refractivity contribution in [1.29, 1.82) is 0 Å². The summed E-state index contributed by atoms with van der Waals surface area (Å²) in [4.78, 5) is 11.8. The molecule has 7 heteroatoms. The molecule has 1 amide bonds. The second-order valence-corrected chi connectivity index (χ2v) is 6.15. The van der Waals surface area contributed by atoms with Crippen LogP contribution in [0.1, 0.15) is 0 Å². The van der Waals surface area contributed by atoms with Crippen LogP contribution in [0.15, 0.2) is 0 Å². The summed E-state index contributed by atoms with van der Waals surface area (Å²) in [5, 5.41) is 8.60. The van der Waals surface area contributed by atoms with Gasteiger partial charge in [-0.1, -0.05) is 0 Å². The second kappa shape index (κ2) is 2.60. The van der Waals surface area contributed by atoms with Crippen LogP contribution in [0.3, 0.4) is 0 Å². The molecule has 0 aromatic rings. The highest BCUT2D eigenvalue weighted by atomic mass is 32.2. The molecular formula is C7H12N2O4S. The first-order valence-corrected chi connectivity index (χ1v) is 6.10. The highest BCUT2D eigenvalue weighted by Gasteiger charge is 2.55. The van der Waals surface area contributed by atoms with Gasteiger partial charge in [-0.05, 0) is 0 Å². The van der Waals surface area contributed by atoms with Gasteiger partial charge in [0.15, 0.2) is 0 Å². The molecule has 80 valence electrons. The molecule has 2 saturated heterocycles. The zero-order valence-electron chi connectivity index (χ0n) is 7.80. The minimum Gasteiger partial charge on any atom is -0.465 e. The van der Waals surface area contributed by atoms with Crippen molar-refractivity contribution in [3.63, 3.8) is 0 Å². The van der Waals surface area contributed by atoms with E-state index in [0.717, 1.165) is 0 Å². The molecule has 0 atom stereocenters. The van der Waals surface area contributed by atoms with Crippen LogP contribution in [0.2, 0.25) is 0 Å². The van der Waals surface area contributed by atoms with E-state index in [1.54, 1.807) is 0 Å². The van der Waals surface area contributed by atoms with Crippen molar-refractivity contribution in [2.45, 2.75) is 0 Å². The first-order valence-electron chi connectivity index (χ1n) is 4.25. The van der Waals surface area contributed by atoms with Gasteiger partial charge in [0.1, 0.15) is 0 Å². The molecule has 1 N–H and O–H groups in total. The van der Waals surface area contributed by atoms with Gasteiger partial charge in [-0.15, -0.1) is 0 Å².